The van der Waals surface area contributed by atoms with Crippen LogP contribution in [-0.2, 0) is 5.41 Å². The summed E-state index contributed by atoms with van der Waals surface area (Å²) in [6.07, 6.45) is 0. The molecule has 0 aliphatic heterocycles. The van der Waals surface area contributed by atoms with E-state index in [2.05, 4.69) is 25.8 Å². The van der Waals surface area contributed by atoms with Crippen LogP contribution in [0.3, 0.4) is 0 Å². The molecule has 0 bridgehead atoms. The van der Waals surface area contributed by atoms with Gasteiger partial charge < -0.3 is 0 Å². The summed E-state index contributed by atoms with van der Waals surface area (Å²) in [7, 11) is 0. The first-order valence-corrected chi connectivity index (χ1v) is 6.49. The van der Waals surface area contributed by atoms with Crippen LogP contribution >= 0.6 is 11.3 Å². The molecule has 0 atom stereocenters. The molecule has 0 aliphatic carbocycles. The first-order valence-electron chi connectivity index (χ1n) is 5.61. The normalized spacial score (nSPS) is 11.8. The lowest BCUT2D eigenvalue weighted by Crippen LogP contribution is -2.11. The fourth-order valence-corrected chi connectivity index (χ4v) is 2.62. The molecule has 0 fully saturated rings. The van der Waals surface area contributed by atoms with Gasteiger partial charge in [0.25, 0.3) is 0 Å². The average molecular weight is 249 g/mol. The molecule has 1 nitrogen and oxygen atoms in total. The molecule has 0 N–H and O–H groups in total. The third kappa shape index (κ3) is 2.39. The van der Waals surface area contributed by atoms with Crippen molar-refractivity contribution < 1.29 is 4.39 Å². The van der Waals surface area contributed by atoms with Gasteiger partial charge in [0.2, 0.25) is 0 Å². The van der Waals surface area contributed by atoms with E-state index in [9.17, 15) is 4.39 Å². The minimum absolute atomic E-state index is 0.00898. The predicted molar refractivity (Wildman–Crippen MR) is 70.9 cm³/mol. The molecule has 1 aromatic carbocycles. The van der Waals surface area contributed by atoms with Crippen molar-refractivity contribution >= 4 is 11.3 Å². The Labute approximate surface area is 105 Å². The number of nitrogens with zero attached hydrogens (tertiary/aromatic N) is 1. The SMILES string of the molecule is Cc1cccc(-c2nc(C(C)(C)C)cs2)c1F. The van der Waals surface area contributed by atoms with Crippen LogP contribution in [-0.4, -0.2) is 4.98 Å². The van der Waals surface area contributed by atoms with Gasteiger partial charge in [-0.25, -0.2) is 9.37 Å². The molecule has 1 aromatic heterocycles. The van der Waals surface area contributed by atoms with Gasteiger partial charge in [0, 0.05) is 16.4 Å². The predicted octanol–water partition coefficient (Wildman–Crippen LogP) is 4.56. The minimum atomic E-state index is -0.165. The van der Waals surface area contributed by atoms with Crippen LogP contribution < -0.4 is 0 Å². The summed E-state index contributed by atoms with van der Waals surface area (Å²) in [5.41, 5.74) is 2.29. The topological polar surface area (TPSA) is 12.9 Å². The minimum Gasteiger partial charge on any atom is -0.240 e. The third-order valence-electron chi connectivity index (χ3n) is 2.69. The summed E-state index contributed by atoms with van der Waals surface area (Å²) in [4.78, 5) is 4.53. The van der Waals surface area contributed by atoms with Crippen molar-refractivity contribution in [2.75, 3.05) is 0 Å². The average Bonchev–Trinajstić information content (AvgIpc) is 2.70. The smallest absolute Gasteiger partial charge is 0.136 e. The molecule has 3 heteroatoms. The lowest BCUT2D eigenvalue weighted by molar-refractivity contribution is 0.573. The monoisotopic (exact) mass is 249 g/mol. The van der Waals surface area contributed by atoms with E-state index in [0.29, 0.717) is 11.1 Å². The van der Waals surface area contributed by atoms with Gasteiger partial charge in [-0.3, -0.25) is 0 Å². The van der Waals surface area contributed by atoms with E-state index >= 15 is 0 Å². The van der Waals surface area contributed by atoms with Crippen molar-refractivity contribution in [3.8, 4) is 10.6 Å². The zero-order valence-electron chi connectivity index (χ0n) is 10.5. The van der Waals surface area contributed by atoms with E-state index in [1.165, 1.54) is 11.3 Å². The molecule has 1 heterocycles. The number of hydrogen-bond donors (Lipinski definition) is 0. The van der Waals surface area contributed by atoms with E-state index < -0.39 is 0 Å². The van der Waals surface area contributed by atoms with Gasteiger partial charge in [0.1, 0.15) is 10.8 Å². The van der Waals surface area contributed by atoms with Crippen molar-refractivity contribution in [2.24, 2.45) is 0 Å². The maximum absolute atomic E-state index is 14.0. The Hall–Kier alpha value is -1.22. The second-order valence-corrected chi connectivity index (χ2v) is 6.08. The van der Waals surface area contributed by atoms with E-state index in [1.807, 2.05) is 11.4 Å². The largest absolute Gasteiger partial charge is 0.240 e. The number of rotatable bonds is 1. The highest BCUT2D eigenvalue weighted by Gasteiger charge is 2.19. The number of halogens is 1. The Balaban J connectivity index is 2.48. The maximum atomic E-state index is 14.0. The summed E-state index contributed by atoms with van der Waals surface area (Å²) >= 11 is 1.50. The molecular weight excluding hydrogens is 233 g/mol. The highest BCUT2D eigenvalue weighted by atomic mass is 32.1. The number of thiazole rings is 1. The van der Waals surface area contributed by atoms with Crippen LogP contribution in [0.2, 0.25) is 0 Å². The van der Waals surface area contributed by atoms with Gasteiger partial charge in [0.05, 0.1) is 5.69 Å². The van der Waals surface area contributed by atoms with Gasteiger partial charge in [0.15, 0.2) is 0 Å². The van der Waals surface area contributed by atoms with Crippen molar-refractivity contribution in [1.29, 1.82) is 0 Å². The van der Waals surface area contributed by atoms with E-state index in [4.69, 9.17) is 0 Å². The Bertz CT molecular complexity index is 537. The fourth-order valence-electron chi connectivity index (χ4n) is 1.55. The van der Waals surface area contributed by atoms with Crippen LogP contribution in [0.5, 0.6) is 0 Å². The van der Waals surface area contributed by atoms with Crippen molar-refractivity contribution in [1.82, 2.24) is 4.98 Å². The molecule has 2 aromatic rings. The molecule has 0 amide bonds. The van der Waals surface area contributed by atoms with Gasteiger partial charge in [-0.2, -0.15) is 0 Å². The van der Waals surface area contributed by atoms with Gasteiger partial charge in [-0.1, -0.05) is 32.9 Å². The molecule has 0 radical (unpaired) electrons. The first kappa shape index (κ1) is 12.2. The summed E-state index contributed by atoms with van der Waals surface area (Å²) in [6, 6.07) is 5.43. The van der Waals surface area contributed by atoms with Crippen molar-refractivity contribution in [3.05, 3.63) is 40.7 Å². The van der Waals surface area contributed by atoms with E-state index in [1.54, 1.807) is 19.1 Å². The molecule has 0 spiro atoms. The molecule has 0 saturated heterocycles. The molecule has 0 unspecified atom stereocenters. The van der Waals surface area contributed by atoms with Crippen LogP contribution in [0.4, 0.5) is 4.39 Å². The number of hydrogen-bond acceptors (Lipinski definition) is 2. The maximum Gasteiger partial charge on any atom is 0.136 e. The Morgan fingerprint density at radius 3 is 2.53 bits per heavy atom. The lowest BCUT2D eigenvalue weighted by Gasteiger charge is -2.14. The van der Waals surface area contributed by atoms with E-state index in [-0.39, 0.29) is 11.2 Å². The summed E-state index contributed by atoms with van der Waals surface area (Å²) < 4.78 is 14.0. The second kappa shape index (κ2) is 4.22. The standard InChI is InChI=1S/C14H16FNS/c1-9-6-5-7-10(12(9)15)13-16-11(8-17-13)14(2,3)4/h5-8H,1-4H3. The van der Waals surface area contributed by atoms with Crippen LogP contribution in [0.25, 0.3) is 10.6 Å². The van der Waals surface area contributed by atoms with Crippen LogP contribution in [0.15, 0.2) is 23.6 Å². The Morgan fingerprint density at radius 2 is 1.94 bits per heavy atom. The molecule has 2 rings (SSSR count). The van der Waals surface area contributed by atoms with Gasteiger partial charge >= 0.3 is 0 Å². The first-order chi connectivity index (χ1) is 7.89. The Morgan fingerprint density at radius 1 is 1.24 bits per heavy atom. The Kier molecular flexibility index (Phi) is 3.04. The molecule has 0 saturated carbocycles. The molecular formula is C14H16FNS. The van der Waals surface area contributed by atoms with Crippen LogP contribution in [0.1, 0.15) is 32.0 Å². The zero-order chi connectivity index (χ0) is 12.6. The van der Waals surface area contributed by atoms with Crippen LogP contribution in [0, 0.1) is 12.7 Å². The fraction of sp³-hybridized carbons (Fsp3) is 0.357. The zero-order valence-corrected chi connectivity index (χ0v) is 11.4. The lowest BCUT2D eigenvalue weighted by atomic mass is 9.93. The molecule has 90 valence electrons. The number of aromatic nitrogens is 1. The van der Waals surface area contributed by atoms with Gasteiger partial charge in [-0.15, -0.1) is 11.3 Å². The van der Waals surface area contributed by atoms with Gasteiger partial charge in [-0.05, 0) is 18.6 Å². The second-order valence-electron chi connectivity index (χ2n) is 5.22. The number of benzene rings is 1. The summed E-state index contributed by atoms with van der Waals surface area (Å²) in [5.74, 6) is -0.165. The quantitative estimate of drug-likeness (QED) is 0.722. The summed E-state index contributed by atoms with van der Waals surface area (Å²) in [5, 5.41) is 2.77. The molecule has 0 aliphatic rings. The third-order valence-corrected chi connectivity index (χ3v) is 3.57. The highest BCUT2D eigenvalue weighted by Crippen LogP contribution is 2.31. The van der Waals surface area contributed by atoms with Crippen molar-refractivity contribution in [3.63, 3.8) is 0 Å². The number of aryl methyl sites for hydroxylation is 1. The molecule has 17 heavy (non-hydrogen) atoms. The van der Waals surface area contributed by atoms with E-state index in [0.717, 1.165) is 10.7 Å². The van der Waals surface area contributed by atoms with Crippen molar-refractivity contribution in [2.45, 2.75) is 33.1 Å². The summed E-state index contributed by atoms with van der Waals surface area (Å²) in [6.45, 7) is 8.10. The highest BCUT2D eigenvalue weighted by molar-refractivity contribution is 7.13.